The summed E-state index contributed by atoms with van der Waals surface area (Å²) in [7, 11) is 0. The number of hydrogen-bond acceptors (Lipinski definition) is 2. The van der Waals surface area contributed by atoms with Crippen LogP contribution in [0.15, 0.2) is 72.9 Å². The standard InChI is InChI=1S/C27H24ClFN4S/c1-16-15-19(18(3)32(16)23-13-8-9-20(28)17(23)2)26-25(22-11-6-7-14-30-22)31-27(34)33(26)24-12-5-4-10-21(24)29/h4-15,25-26H,1-3H3,(H,31,34). The summed E-state index contributed by atoms with van der Waals surface area (Å²) in [5, 5.41) is 4.59. The molecule has 0 aliphatic carbocycles. The molecule has 3 heterocycles. The van der Waals surface area contributed by atoms with Gasteiger partial charge in [0.05, 0.1) is 23.5 Å². The normalized spacial score (nSPS) is 17.8. The highest BCUT2D eigenvalue weighted by molar-refractivity contribution is 7.80. The monoisotopic (exact) mass is 490 g/mol. The average molecular weight is 491 g/mol. The topological polar surface area (TPSA) is 33.1 Å². The van der Waals surface area contributed by atoms with Gasteiger partial charge in [-0.2, -0.15) is 0 Å². The highest BCUT2D eigenvalue weighted by atomic mass is 35.5. The predicted molar refractivity (Wildman–Crippen MR) is 139 cm³/mol. The molecule has 2 atom stereocenters. The SMILES string of the molecule is Cc1c(Cl)cccc1-n1c(C)cc(C2C(c3ccccn3)NC(=S)N2c2ccccc2F)c1C. The highest BCUT2D eigenvalue weighted by Crippen LogP contribution is 2.44. The molecule has 0 bridgehead atoms. The van der Waals surface area contributed by atoms with Crippen LogP contribution in [0, 0.1) is 26.6 Å². The molecular formula is C27H24ClFN4S. The number of aryl methyl sites for hydroxylation is 1. The lowest BCUT2D eigenvalue weighted by Gasteiger charge is -2.28. The molecular weight excluding hydrogens is 467 g/mol. The van der Waals surface area contributed by atoms with Gasteiger partial charge in [-0.3, -0.25) is 4.98 Å². The minimum absolute atomic E-state index is 0.247. The van der Waals surface area contributed by atoms with Crippen molar-refractivity contribution < 1.29 is 4.39 Å². The van der Waals surface area contributed by atoms with Gasteiger partial charge in [-0.15, -0.1) is 0 Å². The van der Waals surface area contributed by atoms with Gasteiger partial charge in [0.25, 0.3) is 0 Å². The average Bonchev–Trinajstić information content (AvgIpc) is 3.32. The first kappa shape index (κ1) is 22.6. The largest absolute Gasteiger partial charge is 0.351 e. The zero-order chi connectivity index (χ0) is 24.0. The van der Waals surface area contributed by atoms with Crippen LogP contribution in [0.5, 0.6) is 0 Å². The van der Waals surface area contributed by atoms with Crippen molar-refractivity contribution in [3.8, 4) is 5.69 Å². The number of nitrogens with zero attached hydrogens (tertiary/aromatic N) is 3. The highest BCUT2D eigenvalue weighted by Gasteiger charge is 2.43. The van der Waals surface area contributed by atoms with Crippen LogP contribution in [0.25, 0.3) is 5.69 Å². The third-order valence-electron chi connectivity index (χ3n) is 6.48. The maximum absolute atomic E-state index is 15.0. The number of para-hydroxylation sites is 1. The summed E-state index contributed by atoms with van der Waals surface area (Å²) >= 11 is 12.2. The zero-order valence-electron chi connectivity index (χ0n) is 19.1. The predicted octanol–water partition coefficient (Wildman–Crippen LogP) is 6.77. The van der Waals surface area contributed by atoms with Crippen LogP contribution in [0.3, 0.4) is 0 Å². The Bertz CT molecular complexity index is 1380. The van der Waals surface area contributed by atoms with Crippen molar-refractivity contribution in [3.05, 3.63) is 112 Å². The number of aromatic nitrogens is 2. The van der Waals surface area contributed by atoms with Crippen molar-refractivity contribution in [3.63, 3.8) is 0 Å². The van der Waals surface area contributed by atoms with Crippen LogP contribution < -0.4 is 10.2 Å². The number of thiocarbonyl (C=S) groups is 1. The molecule has 1 saturated heterocycles. The van der Waals surface area contributed by atoms with Crippen LogP contribution in [-0.2, 0) is 0 Å². The fraction of sp³-hybridized carbons (Fsp3) is 0.185. The quantitative estimate of drug-likeness (QED) is 0.320. The van der Waals surface area contributed by atoms with Crippen molar-refractivity contribution >= 4 is 34.6 Å². The molecule has 0 spiro atoms. The summed E-state index contributed by atoms with van der Waals surface area (Å²) in [5.41, 5.74) is 6.46. The van der Waals surface area contributed by atoms with Crippen LogP contribution in [0.4, 0.5) is 10.1 Å². The van der Waals surface area contributed by atoms with Gasteiger partial charge in [-0.25, -0.2) is 4.39 Å². The smallest absolute Gasteiger partial charge is 0.174 e. The Balaban J connectivity index is 1.72. The zero-order valence-corrected chi connectivity index (χ0v) is 20.7. The molecule has 2 unspecified atom stereocenters. The number of rotatable bonds is 4. The summed E-state index contributed by atoms with van der Waals surface area (Å²) in [5.74, 6) is -0.321. The first-order chi connectivity index (χ1) is 16.4. The van der Waals surface area contributed by atoms with E-state index in [4.69, 9.17) is 23.8 Å². The van der Waals surface area contributed by atoms with Gasteiger partial charge >= 0.3 is 0 Å². The van der Waals surface area contributed by atoms with Gasteiger partial charge in [0.2, 0.25) is 0 Å². The Kier molecular flexibility index (Phi) is 5.88. The lowest BCUT2D eigenvalue weighted by Crippen LogP contribution is -2.30. The molecule has 7 heteroatoms. The molecule has 1 aliphatic heterocycles. The maximum atomic E-state index is 15.0. The lowest BCUT2D eigenvalue weighted by atomic mass is 9.96. The molecule has 0 saturated carbocycles. The molecule has 2 aromatic carbocycles. The van der Waals surface area contributed by atoms with Crippen LogP contribution in [-0.4, -0.2) is 14.7 Å². The third-order valence-corrected chi connectivity index (χ3v) is 7.20. The van der Waals surface area contributed by atoms with Crippen molar-refractivity contribution in [1.82, 2.24) is 14.9 Å². The second-order valence-electron chi connectivity index (χ2n) is 8.49. The first-order valence-electron chi connectivity index (χ1n) is 11.1. The molecule has 0 amide bonds. The van der Waals surface area contributed by atoms with E-state index in [9.17, 15) is 0 Å². The van der Waals surface area contributed by atoms with E-state index in [1.807, 2.05) is 48.2 Å². The minimum atomic E-state index is -0.321. The number of hydrogen-bond donors (Lipinski definition) is 1. The van der Waals surface area contributed by atoms with Gasteiger partial charge in [-0.05, 0) is 86.6 Å². The number of pyridine rings is 1. The Labute approximate surface area is 209 Å². The van der Waals surface area contributed by atoms with Crippen LogP contribution in [0.2, 0.25) is 5.02 Å². The van der Waals surface area contributed by atoms with E-state index in [1.54, 1.807) is 18.3 Å². The summed E-state index contributed by atoms with van der Waals surface area (Å²) in [6.07, 6.45) is 1.77. The van der Waals surface area contributed by atoms with Crippen molar-refractivity contribution in [2.24, 2.45) is 0 Å². The molecule has 1 aliphatic rings. The van der Waals surface area contributed by atoms with E-state index in [0.717, 1.165) is 38.9 Å². The van der Waals surface area contributed by atoms with Crippen LogP contribution >= 0.6 is 23.8 Å². The van der Waals surface area contributed by atoms with Crippen molar-refractivity contribution in [2.75, 3.05) is 4.90 Å². The van der Waals surface area contributed by atoms with Crippen LogP contribution in [0.1, 0.15) is 40.3 Å². The van der Waals surface area contributed by atoms with Gasteiger partial charge in [0.15, 0.2) is 5.11 Å². The molecule has 1 N–H and O–H groups in total. The number of halogens is 2. The number of benzene rings is 2. The van der Waals surface area contributed by atoms with E-state index in [1.165, 1.54) is 6.07 Å². The van der Waals surface area contributed by atoms with Gasteiger partial charge in [0.1, 0.15) is 5.82 Å². The number of anilines is 1. The molecule has 34 heavy (non-hydrogen) atoms. The summed E-state index contributed by atoms with van der Waals surface area (Å²) in [6.45, 7) is 6.17. The molecule has 4 nitrogen and oxygen atoms in total. The van der Waals surface area contributed by atoms with Gasteiger partial charge < -0.3 is 14.8 Å². The maximum Gasteiger partial charge on any atom is 0.174 e. The summed E-state index contributed by atoms with van der Waals surface area (Å²) in [6, 6.07) is 20.1. The molecule has 4 aromatic rings. The first-order valence-corrected chi connectivity index (χ1v) is 11.9. The van der Waals surface area contributed by atoms with E-state index in [-0.39, 0.29) is 17.9 Å². The second kappa shape index (κ2) is 8.85. The lowest BCUT2D eigenvalue weighted by molar-refractivity contribution is 0.556. The van der Waals surface area contributed by atoms with E-state index < -0.39 is 0 Å². The Morgan fingerprint density at radius 3 is 2.44 bits per heavy atom. The van der Waals surface area contributed by atoms with Crippen molar-refractivity contribution in [1.29, 1.82) is 0 Å². The van der Waals surface area contributed by atoms with E-state index in [2.05, 4.69) is 40.8 Å². The Hall–Kier alpha value is -3.22. The van der Waals surface area contributed by atoms with Crippen molar-refractivity contribution in [2.45, 2.75) is 32.9 Å². The summed E-state index contributed by atoms with van der Waals surface area (Å²) in [4.78, 5) is 6.47. The Morgan fingerprint density at radius 1 is 0.971 bits per heavy atom. The minimum Gasteiger partial charge on any atom is -0.351 e. The Morgan fingerprint density at radius 2 is 1.71 bits per heavy atom. The summed E-state index contributed by atoms with van der Waals surface area (Å²) < 4.78 is 17.2. The van der Waals surface area contributed by atoms with E-state index >= 15 is 4.39 Å². The molecule has 0 radical (unpaired) electrons. The fourth-order valence-corrected chi connectivity index (χ4v) is 5.38. The second-order valence-corrected chi connectivity index (χ2v) is 9.29. The van der Waals surface area contributed by atoms with Gasteiger partial charge in [-0.1, -0.05) is 35.9 Å². The molecule has 1 fully saturated rings. The molecule has 172 valence electrons. The molecule has 2 aromatic heterocycles. The van der Waals surface area contributed by atoms with Gasteiger partial charge in [0, 0.05) is 28.3 Å². The fourth-order valence-electron chi connectivity index (χ4n) is 4.87. The van der Waals surface area contributed by atoms with E-state index in [0.29, 0.717) is 10.8 Å². The molecule has 5 rings (SSSR count). The number of nitrogens with one attached hydrogen (secondary N) is 1. The third kappa shape index (κ3) is 3.67.